The van der Waals surface area contributed by atoms with E-state index in [9.17, 15) is 9.59 Å². The van der Waals surface area contributed by atoms with Gasteiger partial charge in [0.05, 0.1) is 11.1 Å². The molecule has 0 bridgehead atoms. The van der Waals surface area contributed by atoms with Gasteiger partial charge in [-0.15, -0.1) is 0 Å². The van der Waals surface area contributed by atoms with Gasteiger partial charge in [0.25, 0.3) is 0 Å². The molecule has 1 heterocycles. The highest BCUT2D eigenvalue weighted by Crippen LogP contribution is 2.29. The molecule has 2 rings (SSSR count). The SMILES string of the molecule is CC(C)c1cc(C(=O)O)cc2c(C=O)cn(C)c12. The Hall–Kier alpha value is -2.10. The highest BCUT2D eigenvalue weighted by Gasteiger charge is 2.16. The predicted molar refractivity (Wildman–Crippen MR) is 69.4 cm³/mol. The zero-order chi connectivity index (χ0) is 13.4. The van der Waals surface area contributed by atoms with Gasteiger partial charge in [-0.2, -0.15) is 0 Å². The fourth-order valence-electron chi connectivity index (χ4n) is 2.27. The predicted octanol–water partition coefficient (Wildman–Crippen LogP) is 2.81. The summed E-state index contributed by atoms with van der Waals surface area (Å²) in [4.78, 5) is 22.2. The number of fused-ring (bicyclic) bond motifs is 1. The molecule has 0 fully saturated rings. The molecule has 4 heteroatoms. The Labute approximate surface area is 105 Å². The second-order valence-corrected chi connectivity index (χ2v) is 4.73. The summed E-state index contributed by atoms with van der Waals surface area (Å²) in [6, 6.07) is 3.25. The summed E-state index contributed by atoms with van der Waals surface area (Å²) in [5.41, 5.74) is 2.62. The van der Waals surface area contributed by atoms with E-state index in [0.29, 0.717) is 10.9 Å². The van der Waals surface area contributed by atoms with Crippen LogP contribution in [-0.4, -0.2) is 21.9 Å². The number of hydrogen-bond acceptors (Lipinski definition) is 2. The quantitative estimate of drug-likeness (QED) is 0.846. The molecule has 0 saturated carbocycles. The summed E-state index contributed by atoms with van der Waals surface area (Å²) in [6.45, 7) is 4.02. The monoisotopic (exact) mass is 245 g/mol. The molecule has 0 amide bonds. The van der Waals surface area contributed by atoms with Gasteiger partial charge in [-0.3, -0.25) is 4.79 Å². The van der Waals surface area contributed by atoms with Gasteiger partial charge >= 0.3 is 5.97 Å². The minimum Gasteiger partial charge on any atom is -0.478 e. The topological polar surface area (TPSA) is 59.3 Å². The van der Waals surface area contributed by atoms with E-state index in [0.717, 1.165) is 17.4 Å². The molecule has 1 N–H and O–H groups in total. The van der Waals surface area contributed by atoms with Crippen molar-refractivity contribution in [3.05, 3.63) is 35.0 Å². The molecule has 94 valence electrons. The summed E-state index contributed by atoms with van der Waals surface area (Å²) in [5, 5.41) is 9.83. The van der Waals surface area contributed by atoms with Crippen LogP contribution < -0.4 is 0 Å². The van der Waals surface area contributed by atoms with Gasteiger partial charge in [0.15, 0.2) is 6.29 Å². The summed E-state index contributed by atoms with van der Waals surface area (Å²) in [6.07, 6.45) is 2.49. The zero-order valence-corrected chi connectivity index (χ0v) is 10.6. The van der Waals surface area contributed by atoms with E-state index in [1.165, 1.54) is 0 Å². The van der Waals surface area contributed by atoms with Crippen molar-refractivity contribution in [1.29, 1.82) is 0 Å². The highest BCUT2D eigenvalue weighted by atomic mass is 16.4. The molecule has 0 aliphatic rings. The van der Waals surface area contributed by atoms with Crippen LogP contribution in [0.15, 0.2) is 18.3 Å². The molecule has 0 aliphatic carbocycles. The van der Waals surface area contributed by atoms with Crippen LogP contribution in [0.25, 0.3) is 10.9 Å². The molecule has 0 unspecified atom stereocenters. The molecule has 18 heavy (non-hydrogen) atoms. The van der Waals surface area contributed by atoms with Crippen molar-refractivity contribution in [2.24, 2.45) is 7.05 Å². The highest BCUT2D eigenvalue weighted by molar-refractivity contribution is 6.03. The molecule has 0 spiro atoms. The number of benzene rings is 1. The first kappa shape index (κ1) is 12.4. The molecule has 0 radical (unpaired) electrons. The van der Waals surface area contributed by atoms with Crippen LogP contribution in [-0.2, 0) is 7.05 Å². The van der Waals surface area contributed by atoms with Crippen molar-refractivity contribution in [2.45, 2.75) is 19.8 Å². The van der Waals surface area contributed by atoms with Gasteiger partial charge in [0.1, 0.15) is 0 Å². The summed E-state index contributed by atoms with van der Waals surface area (Å²) in [7, 11) is 1.86. The van der Waals surface area contributed by atoms with Gasteiger partial charge in [0, 0.05) is 24.2 Å². The number of aromatic carboxylic acids is 1. The van der Waals surface area contributed by atoms with E-state index in [1.807, 2.05) is 25.5 Å². The van der Waals surface area contributed by atoms with E-state index in [2.05, 4.69) is 0 Å². The largest absolute Gasteiger partial charge is 0.478 e. The Morgan fingerprint density at radius 2 is 2.06 bits per heavy atom. The normalized spacial score (nSPS) is 11.1. The van der Waals surface area contributed by atoms with Gasteiger partial charge < -0.3 is 9.67 Å². The number of hydrogen-bond donors (Lipinski definition) is 1. The van der Waals surface area contributed by atoms with Gasteiger partial charge in [-0.1, -0.05) is 13.8 Å². The van der Waals surface area contributed by atoms with Crippen molar-refractivity contribution < 1.29 is 14.7 Å². The van der Waals surface area contributed by atoms with Crippen LogP contribution in [0.3, 0.4) is 0 Å². The number of nitrogens with zero attached hydrogens (tertiary/aromatic N) is 1. The fourth-order valence-corrected chi connectivity index (χ4v) is 2.27. The van der Waals surface area contributed by atoms with E-state index in [1.54, 1.807) is 18.3 Å². The maximum atomic E-state index is 11.1. The van der Waals surface area contributed by atoms with Gasteiger partial charge in [-0.25, -0.2) is 4.79 Å². The maximum Gasteiger partial charge on any atom is 0.335 e. The van der Waals surface area contributed by atoms with E-state index in [-0.39, 0.29) is 11.5 Å². The number of carboxylic acid groups (broad SMARTS) is 1. The number of carbonyl (C=O) groups excluding carboxylic acids is 1. The van der Waals surface area contributed by atoms with Crippen LogP contribution in [0.4, 0.5) is 0 Å². The molecular formula is C14H15NO3. The van der Waals surface area contributed by atoms with Crippen LogP contribution in [0.2, 0.25) is 0 Å². The van der Waals surface area contributed by atoms with Crippen LogP contribution in [0, 0.1) is 0 Å². The Morgan fingerprint density at radius 1 is 1.39 bits per heavy atom. The summed E-state index contributed by atoms with van der Waals surface area (Å²) in [5.74, 6) is -0.778. The Morgan fingerprint density at radius 3 is 2.56 bits per heavy atom. The van der Waals surface area contributed by atoms with Gasteiger partial charge in [-0.05, 0) is 23.6 Å². The molecule has 4 nitrogen and oxygen atoms in total. The molecule has 2 aromatic rings. The lowest BCUT2D eigenvalue weighted by atomic mass is 9.96. The molecule has 0 aliphatic heterocycles. The minimum absolute atomic E-state index is 0.194. The first-order chi connectivity index (χ1) is 8.45. The Balaban J connectivity index is 2.91. The number of aldehydes is 1. The second kappa shape index (κ2) is 4.29. The van der Waals surface area contributed by atoms with E-state index >= 15 is 0 Å². The lowest BCUT2D eigenvalue weighted by Gasteiger charge is -2.11. The number of carboxylic acids is 1. The molecule has 1 aromatic carbocycles. The summed E-state index contributed by atoms with van der Waals surface area (Å²) >= 11 is 0. The zero-order valence-electron chi connectivity index (χ0n) is 10.6. The minimum atomic E-state index is -0.973. The van der Waals surface area contributed by atoms with Crippen molar-refractivity contribution in [1.82, 2.24) is 4.57 Å². The second-order valence-electron chi connectivity index (χ2n) is 4.73. The molecule has 1 aromatic heterocycles. The third-order valence-corrected chi connectivity index (χ3v) is 3.13. The average Bonchev–Trinajstić information content (AvgIpc) is 2.65. The average molecular weight is 245 g/mol. The third kappa shape index (κ3) is 1.79. The first-order valence-electron chi connectivity index (χ1n) is 5.77. The summed E-state index contributed by atoms with van der Waals surface area (Å²) < 4.78 is 1.88. The van der Waals surface area contributed by atoms with Crippen LogP contribution >= 0.6 is 0 Å². The van der Waals surface area contributed by atoms with E-state index in [4.69, 9.17) is 5.11 Å². The smallest absolute Gasteiger partial charge is 0.335 e. The molecule has 0 saturated heterocycles. The van der Waals surface area contributed by atoms with Crippen LogP contribution in [0.1, 0.15) is 46.0 Å². The maximum absolute atomic E-state index is 11.1. The lowest BCUT2D eigenvalue weighted by Crippen LogP contribution is -2.01. The third-order valence-electron chi connectivity index (χ3n) is 3.13. The number of rotatable bonds is 3. The van der Waals surface area contributed by atoms with Crippen molar-refractivity contribution in [2.75, 3.05) is 0 Å². The van der Waals surface area contributed by atoms with Crippen molar-refractivity contribution in [3.8, 4) is 0 Å². The standard InChI is InChI=1S/C14H15NO3/c1-8(2)11-4-9(14(17)18)5-12-10(7-16)6-15(3)13(11)12/h4-8H,1-3H3,(H,17,18). The fraction of sp³-hybridized carbons (Fsp3) is 0.286. The van der Waals surface area contributed by atoms with E-state index < -0.39 is 5.97 Å². The number of aryl methyl sites for hydroxylation is 1. The van der Waals surface area contributed by atoms with Crippen LogP contribution in [0.5, 0.6) is 0 Å². The number of carbonyl (C=O) groups is 2. The first-order valence-corrected chi connectivity index (χ1v) is 5.77. The molecule has 0 atom stereocenters. The van der Waals surface area contributed by atoms with Gasteiger partial charge in [0.2, 0.25) is 0 Å². The number of aromatic nitrogens is 1. The lowest BCUT2D eigenvalue weighted by molar-refractivity contribution is 0.0696. The Kier molecular flexibility index (Phi) is 2.95. The van der Waals surface area contributed by atoms with Crippen molar-refractivity contribution in [3.63, 3.8) is 0 Å². The van der Waals surface area contributed by atoms with Crippen molar-refractivity contribution >= 4 is 23.2 Å². The molecular weight excluding hydrogens is 230 g/mol. The Bertz CT molecular complexity index is 638.